The number of nitrogens with two attached hydrogens (primary N) is 1. The summed E-state index contributed by atoms with van der Waals surface area (Å²) in [6.07, 6.45) is 0.323. The molecule has 1 atom stereocenters. The Morgan fingerprint density at radius 1 is 1.40 bits per heavy atom. The lowest BCUT2D eigenvalue weighted by molar-refractivity contribution is 0.177. The first-order valence-electron chi connectivity index (χ1n) is 6.25. The smallest absolute Gasteiger partial charge is 0.242 e. The van der Waals surface area contributed by atoms with E-state index < -0.39 is 16.1 Å². The van der Waals surface area contributed by atoms with Crippen LogP contribution >= 0.6 is 12.2 Å². The predicted molar refractivity (Wildman–Crippen MR) is 83.0 cm³/mol. The first kappa shape index (κ1) is 17.0. The maximum atomic E-state index is 12.3. The third-order valence-corrected chi connectivity index (χ3v) is 4.89. The zero-order valence-corrected chi connectivity index (χ0v) is 13.2. The van der Waals surface area contributed by atoms with Gasteiger partial charge in [0.15, 0.2) is 0 Å². The van der Waals surface area contributed by atoms with Crippen LogP contribution < -0.4 is 5.73 Å². The van der Waals surface area contributed by atoms with Gasteiger partial charge in [0.05, 0.1) is 16.0 Å². The highest BCUT2D eigenvalue weighted by atomic mass is 32.2. The van der Waals surface area contributed by atoms with E-state index in [1.54, 1.807) is 31.2 Å². The lowest BCUT2D eigenvalue weighted by Crippen LogP contribution is -2.29. The molecule has 5 nitrogen and oxygen atoms in total. The van der Waals surface area contributed by atoms with Crippen LogP contribution in [0.4, 0.5) is 0 Å². The van der Waals surface area contributed by atoms with Crippen LogP contribution in [0.5, 0.6) is 0 Å². The second-order valence-corrected chi connectivity index (χ2v) is 7.32. The summed E-state index contributed by atoms with van der Waals surface area (Å²) in [6, 6.07) is 6.49. The van der Waals surface area contributed by atoms with E-state index in [-0.39, 0.29) is 11.4 Å². The van der Waals surface area contributed by atoms with Gasteiger partial charge in [-0.15, -0.1) is 0 Å². The summed E-state index contributed by atoms with van der Waals surface area (Å²) in [4.78, 5) is 0.590. The van der Waals surface area contributed by atoms with Crippen LogP contribution in [0.1, 0.15) is 18.9 Å². The zero-order chi connectivity index (χ0) is 15.3. The molecule has 0 amide bonds. The summed E-state index contributed by atoms with van der Waals surface area (Å²) < 4.78 is 25.8. The summed E-state index contributed by atoms with van der Waals surface area (Å²) in [5, 5.41) is 9.21. The fourth-order valence-corrected chi connectivity index (χ4v) is 3.00. The molecule has 0 radical (unpaired) electrons. The lowest BCUT2D eigenvalue weighted by atomic mass is 10.1. The fraction of sp³-hybridized carbons (Fsp3) is 0.462. The van der Waals surface area contributed by atoms with Crippen molar-refractivity contribution in [2.45, 2.75) is 30.8 Å². The van der Waals surface area contributed by atoms with Gasteiger partial charge in [0.1, 0.15) is 0 Å². The van der Waals surface area contributed by atoms with Crippen molar-refractivity contribution in [3.63, 3.8) is 0 Å². The highest BCUT2D eigenvalue weighted by Gasteiger charge is 2.20. The zero-order valence-electron chi connectivity index (χ0n) is 11.6. The third kappa shape index (κ3) is 4.82. The number of aliphatic hydroxyl groups excluding tert-OH is 1. The molecule has 3 N–H and O–H groups in total. The van der Waals surface area contributed by atoms with Crippen LogP contribution in [0.2, 0.25) is 0 Å². The number of aliphatic hydroxyl groups is 1. The molecule has 1 aromatic carbocycles. The first-order chi connectivity index (χ1) is 9.23. The first-order valence-corrected chi connectivity index (χ1v) is 8.10. The van der Waals surface area contributed by atoms with Gasteiger partial charge < -0.3 is 10.8 Å². The van der Waals surface area contributed by atoms with E-state index in [2.05, 4.69) is 0 Å². The Balaban J connectivity index is 2.84. The van der Waals surface area contributed by atoms with Gasteiger partial charge in [-0.25, -0.2) is 12.7 Å². The van der Waals surface area contributed by atoms with Crippen LogP contribution in [-0.4, -0.2) is 42.5 Å². The van der Waals surface area contributed by atoms with Crippen LogP contribution in [-0.2, 0) is 16.4 Å². The third-order valence-electron chi connectivity index (χ3n) is 2.87. The van der Waals surface area contributed by atoms with Gasteiger partial charge >= 0.3 is 0 Å². The lowest BCUT2D eigenvalue weighted by Gasteiger charge is -2.18. The Labute approximate surface area is 125 Å². The fourth-order valence-electron chi connectivity index (χ4n) is 1.65. The Bertz CT molecular complexity index is 553. The number of hydrogen-bond donors (Lipinski definition) is 2. The molecule has 0 fully saturated rings. The van der Waals surface area contributed by atoms with Crippen LogP contribution in [0.25, 0.3) is 0 Å². The Hall–Kier alpha value is -1.02. The molecule has 20 heavy (non-hydrogen) atoms. The van der Waals surface area contributed by atoms with Crippen LogP contribution in [0.15, 0.2) is 29.2 Å². The minimum atomic E-state index is -3.52. The average molecular weight is 316 g/mol. The topological polar surface area (TPSA) is 83.6 Å². The summed E-state index contributed by atoms with van der Waals surface area (Å²) in [5.41, 5.74) is 6.32. The normalized spacial score (nSPS) is 13.4. The molecule has 0 aliphatic heterocycles. The standard InChI is InChI=1S/C13H20N2O3S2/c1-10(16)7-8-15(2)20(17,18)12-5-3-11(4-6-12)9-13(14)19/h3-6,10,16H,7-9H2,1-2H3,(H2,14,19). The molecule has 1 unspecified atom stereocenters. The molecule has 0 aliphatic rings. The van der Waals surface area contributed by atoms with Crippen molar-refractivity contribution in [3.05, 3.63) is 29.8 Å². The number of sulfonamides is 1. The molecule has 0 bridgehead atoms. The van der Waals surface area contributed by atoms with E-state index in [1.807, 2.05) is 0 Å². The molecule has 0 saturated carbocycles. The SMILES string of the molecule is CC(O)CCN(C)S(=O)(=O)c1ccc(CC(N)=S)cc1. The number of thiocarbonyl (C=S) groups is 1. The maximum Gasteiger partial charge on any atom is 0.242 e. The highest BCUT2D eigenvalue weighted by molar-refractivity contribution is 7.89. The quantitative estimate of drug-likeness (QED) is 0.731. The van der Waals surface area contributed by atoms with Crippen molar-refractivity contribution >= 4 is 27.2 Å². The molecular formula is C13H20N2O3S2. The van der Waals surface area contributed by atoms with Gasteiger partial charge in [-0.1, -0.05) is 24.4 Å². The minimum Gasteiger partial charge on any atom is -0.393 e. The highest BCUT2D eigenvalue weighted by Crippen LogP contribution is 2.16. The average Bonchev–Trinajstić information content (AvgIpc) is 2.35. The van der Waals surface area contributed by atoms with Gasteiger partial charge in [0.2, 0.25) is 10.0 Å². The molecule has 0 aromatic heterocycles. The monoisotopic (exact) mass is 316 g/mol. The van der Waals surface area contributed by atoms with Gasteiger partial charge in [-0.2, -0.15) is 0 Å². The van der Waals surface area contributed by atoms with Crippen molar-refractivity contribution in [3.8, 4) is 0 Å². The molecular weight excluding hydrogens is 296 g/mol. The van der Waals surface area contributed by atoms with E-state index in [9.17, 15) is 13.5 Å². The van der Waals surface area contributed by atoms with E-state index in [0.29, 0.717) is 17.8 Å². The molecule has 1 aromatic rings. The van der Waals surface area contributed by atoms with Crippen molar-refractivity contribution in [1.29, 1.82) is 0 Å². The number of nitrogens with zero attached hydrogens (tertiary/aromatic N) is 1. The summed E-state index contributed by atoms with van der Waals surface area (Å²) in [6.45, 7) is 1.90. The van der Waals surface area contributed by atoms with E-state index in [0.717, 1.165) is 5.56 Å². The second-order valence-electron chi connectivity index (χ2n) is 4.75. The minimum absolute atomic E-state index is 0.220. The van der Waals surface area contributed by atoms with E-state index in [4.69, 9.17) is 18.0 Å². The van der Waals surface area contributed by atoms with Gasteiger partial charge in [-0.05, 0) is 31.0 Å². The maximum absolute atomic E-state index is 12.3. The predicted octanol–water partition coefficient (Wildman–Crippen LogP) is 0.907. The molecule has 112 valence electrons. The number of benzene rings is 1. The number of hydrogen-bond acceptors (Lipinski definition) is 4. The molecule has 0 heterocycles. The van der Waals surface area contributed by atoms with Crippen LogP contribution in [0, 0.1) is 0 Å². The van der Waals surface area contributed by atoms with E-state index in [1.165, 1.54) is 11.4 Å². The summed E-state index contributed by atoms with van der Waals surface area (Å²) in [5.74, 6) is 0. The van der Waals surface area contributed by atoms with Crippen molar-refractivity contribution in [1.82, 2.24) is 4.31 Å². The molecule has 0 spiro atoms. The Kier molecular flexibility index (Phi) is 6.07. The largest absolute Gasteiger partial charge is 0.393 e. The summed E-state index contributed by atoms with van der Waals surface area (Å²) in [7, 11) is -2.02. The van der Waals surface area contributed by atoms with Gasteiger partial charge in [-0.3, -0.25) is 0 Å². The van der Waals surface area contributed by atoms with Crippen LogP contribution in [0.3, 0.4) is 0 Å². The van der Waals surface area contributed by atoms with Crippen molar-refractivity contribution in [2.75, 3.05) is 13.6 Å². The van der Waals surface area contributed by atoms with Gasteiger partial charge in [0, 0.05) is 20.0 Å². The van der Waals surface area contributed by atoms with Gasteiger partial charge in [0.25, 0.3) is 0 Å². The van der Waals surface area contributed by atoms with Crippen molar-refractivity contribution < 1.29 is 13.5 Å². The molecule has 1 rings (SSSR count). The van der Waals surface area contributed by atoms with E-state index >= 15 is 0 Å². The molecule has 0 aliphatic carbocycles. The second kappa shape index (κ2) is 7.12. The molecule has 7 heteroatoms. The number of rotatable bonds is 7. The van der Waals surface area contributed by atoms with Crippen molar-refractivity contribution in [2.24, 2.45) is 5.73 Å². The molecule has 0 saturated heterocycles. The Morgan fingerprint density at radius 2 is 1.95 bits per heavy atom. The Morgan fingerprint density at radius 3 is 2.40 bits per heavy atom. The summed E-state index contributed by atoms with van der Waals surface area (Å²) >= 11 is 4.81.